The van der Waals surface area contributed by atoms with Crippen LogP contribution >= 0.6 is 15.9 Å². The third kappa shape index (κ3) is 2.86. The van der Waals surface area contributed by atoms with Crippen molar-refractivity contribution in [1.82, 2.24) is 4.90 Å². The third-order valence-electron chi connectivity index (χ3n) is 3.74. The maximum atomic E-state index is 3.56. The van der Waals surface area contributed by atoms with E-state index in [0.717, 1.165) is 5.92 Å². The van der Waals surface area contributed by atoms with Gasteiger partial charge in [0.25, 0.3) is 0 Å². The Morgan fingerprint density at radius 2 is 2.25 bits per heavy atom. The normalized spacial score (nSPS) is 24.3. The second-order valence-electron chi connectivity index (χ2n) is 5.01. The molecule has 1 fully saturated rings. The fourth-order valence-corrected chi connectivity index (χ4v) is 3.09. The highest BCUT2D eigenvalue weighted by atomic mass is 79.9. The molecule has 1 saturated heterocycles. The van der Waals surface area contributed by atoms with Gasteiger partial charge in [0.2, 0.25) is 0 Å². The van der Waals surface area contributed by atoms with Crippen LogP contribution in [0.15, 0.2) is 28.7 Å². The van der Waals surface area contributed by atoms with Crippen LogP contribution in [0.25, 0.3) is 0 Å². The summed E-state index contributed by atoms with van der Waals surface area (Å²) in [5.74, 6) is 1.48. The maximum absolute atomic E-state index is 3.56. The summed E-state index contributed by atoms with van der Waals surface area (Å²) in [4.78, 5) is 2.46. The van der Waals surface area contributed by atoms with Crippen LogP contribution < -0.4 is 0 Å². The highest BCUT2D eigenvalue weighted by Gasteiger charge is 2.23. The molecule has 2 rings (SSSR count). The molecular formula is C14H20BrN. The molecule has 16 heavy (non-hydrogen) atoms. The van der Waals surface area contributed by atoms with Gasteiger partial charge in [-0.1, -0.05) is 35.0 Å². The molecule has 1 nitrogen and oxygen atoms in total. The Morgan fingerprint density at radius 3 is 2.94 bits per heavy atom. The van der Waals surface area contributed by atoms with Gasteiger partial charge in [-0.15, -0.1) is 0 Å². The van der Waals surface area contributed by atoms with Gasteiger partial charge in [0.15, 0.2) is 0 Å². The highest BCUT2D eigenvalue weighted by Crippen LogP contribution is 2.31. The first-order valence-electron chi connectivity index (χ1n) is 6.11. The van der Waals surface area contributed by atoms with Crippen molar-refractivity contribution < 1.29 is 0 Å². The van der Waals surface area contributed by atoms with Crippen LogP contribution in [0.5, 0.6) is 0 Å². The molecule has 0 N–H and O–H groups in total. The standard InChI is InChI=1S/C14H20BrN/c1-11(12-5-3-7-14(15)9-12)13-6-4-8-16(2)10-13/h3,5,7,9,11,13H,4,6,8,10H2,1-2H3. The lowest BCUT2D eigenvalue weighted by atomic mass is 9.82. The summed E-state index contributed by atoms with van der Waals surface area (Å²) in [5, 5.41) is 0. The van der Waals surface area contributed by atoms with Crippen molar-refractivity contribution in [1.29, 1.82) is 0 Å². The fourth-order valence-electron chi connectivity index (χ4n) is 2.68. The van der Waals surface area contributed by atoms with Crippen molar-refractivity contribution in [2.24, 2.45) is 5.92 Å². The van der Waals surface area contributed by atoms with Crippen molar-refractivity contribution in [3.05, 3.63) is 34.3 Å². The average Bonchev–Trinajstić information content (AvgIpc) is 2.28. The van der Waals surface area contributed by atoms with E-state index in [2.05, 4.69) is 59.1 Å². The van der Waals surface area contributed by atoms with Crippen LogP contribution in [-0.4, -0.2) is 25.0 Å². The predicted octanol–water partition coefficient (Wildman–Crippen LogP) is 3.89. The molecule has 0 aliphatic carbocycles. The molecule has 0 spiro atoms. The molecule has 0 amide bonds. The smallest absolute Gasteiger partial charge is 0.0178 e. The number of likely N-dealkylation sites (tertiary alicyclic amines) is 1. The average molecular weight is 282 g/mol. The summed E-state index contributed by atoms with van der Waals surface area (Å²) in [6.07, 6.45) is 2.72. The number of halogens is 1. The highest BCUT2D eigenvalue weighted by molar-refractivity contribution is 9.10. The van der Waals surface area contributed by atoms with Crippen molar-refractivity contribution in [3.8, 4) is 0 Å². The Hall–Kier alpha value is -0.340. The van der Waals surface area contributed by atoms with Crippen LogP contribution in [0.4, 0.5) is 0 Å². The number of rotatable bonds is 2. The number of benzene rings is 1. The minimum absolute atomic E-state index is 0.667. The lowest BCUT2D eigenvalue weighted by Gasteiger charge is -2.33. The first kappa shape index (κ1) is 12.1. The number of piperidine rings is 1. The first-order valence-corrected chi connectivity index (χ1v) is 6.90. The summed E-state index contributed by atoms with van der Waals surface area (Å²) < 4.78 is 1.20. The Kier molecular flexibility index (Phi) is 4.04. The fraction of sp³-hybridized carbons (Fsp3) is 0.571. The molecule has 1 aliphatic rings. The predicted molar refractivity (Wildman–Crippen MR) is 72.8 cm³/mol. The number of hydrogen-bond acceptors (Lipinski definition) is 1. The molecule has 0 bridgehead atoms. The van der Waals surface area contributed by atoms with Crippen LogP contribution in [-0.2, 0) is 0 Å². The van der Waals surface area contributed by atoms with E-state index in [9.17, 15) is 0 Å². The molecule has 0 radical (unpaired) electrons. The zero-order valence-electron chi connectivity index (χ0n) is 10.1. The summed E-state index contributed by atoms with van der Waals surface area (Å²) in [5.41, 5.74) is 1.47. The van der Waals surface area contributed by atoms with Crippen molar-refractivity contribution in [2.75, 3.05) is 20.1 Å². The lowest BCUT2D eigenvalue weighted by Crippen LogP contribution is -2.34. The number of nitrogens with zero attached hydrogens (tertiary/aromatic N) is 1. The quantitative estimate of drug-likeness (QED) is 0.795. The monoisotopic (exact) mass is 281 g/mol. The molecular weight excluding hydrogens is 262 g/mol. The van der Waals surface area contributed by atoms with Gasteiger partial charge in [0.1, 0.15) is 0 Å². The Labute approximate surface area is 107 Å². The second kappa shape index (κ2) is 5.33. The van der Waals surface area contributed by atoms with Crippen molar-refractivity contribution in [2.45, 2.75) is 25.7 Å². The Balaban J connectivity index is 2.09. The van der Waals surface area contributed by atoms with Crippen LogP contribution in [0.2, 0.25) is 0 Å². The van der Waals surface area contributed by atoms with Gasteiger partial charge in [-0.25, -0.2) is 0 Å². The second-order valence-corrected chi connectivity index (χ2v) is 5.92. The van der Waals surface area contributed by atoms with Crippen LogP contribution in [0.1, 0.15) is 31.2 Å². The summed E-state index contributed by atoms with van der Waals surface area (Å²) in [6.45, 7) is 4.88. The maximum Gasteiger partial charge on any atom is 0.0178 e. The molecule has 0 aromatic heterocycles. The van der Waals surface area contributed by atoms with Crippen LogP contribution in [0, 0.1) is 5.92 Å². The van der Waals surface area contributed by atoms with Crippen molar-refractivity contribution >= 4 is 15.9 Å². The summed E-state index contributed by atoms with van der Waals surface area (Å²) in [7, 11) is 2.24. The first-order chi connectivity index (χ1) is 7.66. The Bertz CT molecular complexity index is 350. The lowest BCUT2D eigenvalue weighted by molar-refractivity contribution is 0.191. The zero-order chi connectivity index (χ0) is 11.5. The van der Waals surface area contributed by atoms with E-state index in [4.69, 9.17) is 0 Å². The largest absolute Gasteiger partial charge is 0.306 e. The minimum Gasteiger partial charge on any atom is -0.306 e. The van der Waals surface area contributed by atoms with Gasteiger partial charge in [0.05, 0.1) is 0 Å². The minimum atomic E-state index is 0.667. The van der Waals surface area contributed by atoms with Crippen LogP contribution in [0.3, 0.4) is 0 Å². The van der Waals surface area contributed by atoms with Gasteiger partial charge in [0, 0.05) is 11.0 Å². The topological polar surface area (TPSA) is 3.24 Å². The summed E-state index contributed by atoms with van der Waals surface area (Å²) in [6, 6.07) is 8.76. The number of hydrogen-bond donors (Lipinski definition) is 0. The van der Waals surface area contributed by atoms with Gasteiger partial charge in [-0.2, -0.15) is 0 Å². The van der Waals surface area contributed by atoms with Gasteiger partial charge < -0.3 is 4.90 Å². The van der Waals surface area contributed by atoms with Gasteiger partial charge in [-0.05, 0) is 56.0 Å². The molecule has 88 valence electrons. The molecule has 1 aromatic rings. The molecule has 1 aliphatic heterocycles. The third-order valence-corrected chi connectivity index (χ3v) is 4.24. The molecule has 0 saturated carbocycles. The SMILES string of the molecule is CC(c1cccc(Br)c1)C1CCCN(C)C1. The van der Waals surface area contributed by atoms with E-state index in [1.54, 1.807) is 0 Å². The van der Waals surface area contributed by atoms with E-state index in [-0.39, 0.29) is 0 Å². The molecule has 2 unspecified atom stereocenters. The molecule has 1 aromatic carbocycles. The van der Waals surface area contributed by atoms with E-state index in [1.807, 2.05) is 0 Å². The van der Waals surface area contributed by atoms with Gasteiger partial charge in [-0.3, -0.25) is 0 Å². The molecule has 2 atom stereocenters. The van der Waals surface area contributed by atoms with E-state index in [0.29, 0.717) is 5.92 Å². The van der Waals surface area contributed by atoms with Crippen molar-refractivity contribution in [3.63, 3.8) is 0 Å². The summed E-state index contributed by atoms with van der Waals surface area (Å²) >= 11 is 3.56. The van der Waals surface area contributed by atoms with E-state index < -0.39 is 0 Å². The van der Waals surface area contributed by atoms with Gasteiger partial charge >= 0.3 is 0 Å². The molecule has 2 heteroatoms. The molecule has 1 heterocycles. The zero-order valence-corrected chi connectivity index (χ0v) is 11.7. The van der Waals surface area contributed by atoms with E-state index in [1.165, 1.54) is 36.0 Å². The van der Waals surface area contributed by atoms with E-state index >= 15 is 0 Å². The Morgan fingerprint density at radius 1 is 1.44 bits per heavy atom.